The molecule has 9 nitrogen and oxygen atoms in total. The molecule has 1 aliphatic rings. The van der Waals surface area contributed by atoms with Gasteiger partial charge in [-0.1, -0.05) is 18.2 Å². The summed E-state index contributed by atoms with van der Waals surface area (Å²) in [6, 6.07) is 9.55. The molecule has 0 saturated carbocycles. The summed E-state index contributed by atoms with van der Waals surface area (Å²) in [5.41, 5.74) is 1.30. The van der Waals surface area contributed by atoms with Crippen molar-refractivity contribution in [1.29, 1.82) is 5.26 Å². The smallest absolute Gasteiger partial charge is 0.332 e. The van der Waals surface area contributed by atoms with Gasteiger partial charge in [-0.25, -0.2) is 4.79 Å². The third-order valence-corrected chi connectivity index (χ3v) is 5.42. The zero-order chi connectivity index (χ0) is 20.5. The number of anilines is 1. The number of benzene rings is 1. The quantitative estimate of drug-likeness (QED) is 0.680. The number of aryl methyl sites for hydroxylation is 1. The summed E-state index contributed by atoms with van der Waals surface area (Å²) in [7, 11) is 3.10. The molecule has 1 fully saturated rings. The Kier molecular flexibility index (Phi) is 4.94. The van der Waals surface area contributed by atoms with Crippen LogP contribution < -0.4 is 21.5 Å². The first-order valence-electron chi connectivity index (χ1n) is 9.63. The number of aromatic nitrogens is 4. The Balaban J connectivity index is 1.99. The van der Waals surface area contributed by atoms with Crippen LogP contribution in [0.2, 0.25) is 0 Å². The molecule has 0 radical (unpaired) electrons. The van der Waals surface area contributed by atoms with E-state index in [1.807, 2.05) is 22.8 Å². The number of hydrogen-bond acceptors (Lipinski definition) is 6. The van der Waals surface area contributed by atoms with Crippen molar-refractivity contribution in [3.05, 3.63) is 56.2 Å². The van der Waals surface area contributed by atoms with Crippen molar-refractivity contribution in [1.82, 2.24) is 24.0 Å². The van der Waals surface area contributed by atoms with Crippen molar-refractivity contribution in [2.24, 2.45) is 14.1 Å². The van der Waals surface area contributed by atoms with Gasteiger partial charge in [-0.15, -0.1) is 0 Å². The number of hydrogen-bond donors (Lipinski definition) is 1. The fourth-order valence-corrected chi connectivity index (χ4v) is 3.81. The van der Waals surface area contributed by atoms with Crippen molar-refractivity contribution >= 4 is 17.1 Å². The van der Waals surface area contributed by atoms with E-state index in [0.717, 1.165) is 42.7 Å². The van der Waals surface area contributed by atoms with Crippen LogP contribution >= 0.6 is 0 Å². The summed E-state index contributed by atoms with van der Waals surface area (Å²) in [6.45, 7) is 3.61. The normalized spacial score (nSPS) is 14.7. The molecule has 9 heteroatoms. The predicted molar refractivity (Wildman–Crippen MR) is 110 cm³/mol. The van der Waals surface area contributed by atoms with Crippen LogP contribution in [0.5, 0.6) is 0 Å². The highest BCUT2D eigenvalue weighted by atomic mass is 16.2. The third kappa shape index (κ3) is 3.21. The number of nitrogens with one attached hydrogen (secondary N) is 1. The molecule has 150 valence electrons. The number of fused-ring (bicyclic) bond motifs is 1. The first-order chi connectivity index (χ1) is 14.0. The standard InChI is InChI=1S/C20H23N7O2/c1-24-17-16(18(28)25(2)20(24)29)27(13-15-7-4-3-6-14(15)12-21)19(23-17)26-10-5-8-22-9-11-26/h3-4,6-7,22H,5,8-11,13H2,1-2H3. The molecule has 3 aromatic rings. The molecule has 3 heterocycles. The third-order valence-electron chi connectivity index (χ3n) is 5.42. The Bertz CT molecular complexity index is 1220. The van der Waals surface area contributed by atoms with Crippen LogP contribution in [0.1, 0.15) is 17.5 Å². The minimum absolute atomic E-state index is 0.326. The number of rotatable bonds is 3. The summed E-state index contributed by atoms with van der Waals surface area (Å²) >= 11 is 0. The van der Waals surface area contributed by atoms with E-state index in [0.29, 0.717) is 29.2 Å². The van der Waals surface area contributed by atoms with Gasteiger partial charge >= 0.3 is 5.69 Å². The van der Waals surface area contributed by atoms with Crippen LogP contribution in [-0.4, -0.2) is 44.9 Å². The van der Waals surface area contributed by atoms with E-state index in [4.69, 9.17) is 4.98 Å². The van der Waals surface area contributed by atoms with Gasteiger partial charge in [0, 0.05) is 33.7 Å². The van der Waals surface area contributed by atoms with Crippen molar-refractivity contribution in [3.8, 4) is 6.07 Å². The molecule has 0 atom stereocenters. The highest BCUT2D eigenvalue weighted by Crippen LogP contribution is 2.23. The topological polar surface area (TPSA) is 101 Å². The summed E-state index contributed by atoms with van der Waals surface area (Å²) in [5.74, 6) is 0.648. The molecule has 1 N–H and O–H groups in total. The van der Waals surface area contributed by atoms with E-state index in [1.54, 1.807) is 13.1 Å². The van der Waals surface area contributed by atoms with E-state index in [-0.39, 0.29) is 5.56 Å². The lowest BCUT2D eigenvalue weighted by atomic mass is 10.1. The van der Waals surface area contributed by atoms with E-state index >= 15 is 0 Å². The molecule has 1 saturated heterocycles. The Hall–Kier alpha value is -3.38. The minimum Gasteiger partial charge on any atom is -0.341 e. The molecule has 0 bridgehead atoms. The average Bonchev–Trinajstić information content (AvgIpc) is 2.91. The van der Waals surface area contributed by atoms with Crippen molar-refractivity contribution in [2.75, 3.05) is 31.1 Å². The van der Waals surface area contributed by atoms with E-state index in [9.17, 15) is 14.9 Å². The monoisotopic (exact) mass is 393 g/mol. The van der Waals surface area contributed by atoms with Crippen LogP contribution in [0.15, 0.2) is 33.9 Å². The first kappa shape index (κ1) is 19.0. The average molecular weight is 393 g/mol. The Morgan fingerprint density at radius 2 is 1.93 bits per heavy atom. The number of imidazole rings is 1. The summed E-state index contributed by atoms with van der Waals surface area (Å²) < 4.78 is 4.35. The van der Waals surface area contributed by atoms with Gasteiger partial charge in [0.15, 0.2) is 11.2 Å². The molecule has 0 aliphatic carbocycles. The lowest BCUT2D eigenvalue weighted by Gasteiger charge is -2.22. The van der Waals surface area contributed by atoms with Crippen molar-refractivity contribution in [2.45, 2.75) is 13.0 Å². The maximum absolute atomic E-state index is 13.0. The van der Waals surface area contributed by atoms with Crippen molar-refractivity contribution < 1.29 is 0 Å². The zero-order valence-corrected chi connectivity index (χ0v) is 16.6. The molecule has 0 unspecified atom stereocenters. The van der Waals surface area contributed by atoms with Crippen LogP contribution in [-0.2, 0) is 20.6 Å². The fourth-order valence-electron chi connectivity index (χ4n) is 3.81. The summed E-state index contributed by atoms with van der Waals surface area (Å²) in [4.78, 5) is 32.3. The highest BCUT2D eigenvalue weighted by Gasteiger charge is 2.24. The largest absolute Gasteiger partial charge is 0.341 e. The summed E-state index contributed by atoms with van der Waals surface area (Å²) in [6.07, 6.45) is 0.953. The van der Waals surface area contributed by atoms with E-state index < -0.39 is 5.69 Å². The number of nitriles is 1. The van der Waals surface area contributed by atoms with Crippen LogP contribution in [0.3, 0.4) is 0 Å². The molecular weight excluding hydrogens is 370 g/mol. The molecule has 4 rings (SSSR count). The molecular formula is C20H23N7O2. The van der Waals surface area contributed by atoms with E-state index in [2.05, 4.69) is 16.3 Å². The molecule has 1 aliphatic heterocycles. The molecule has 0 spiro atoms. The second-order valence-electron chi connectivity index (χ2n) is 7.24. The Labute approximate surface area is 167 Å². The zero-order valence-electron chi connectivity index (χ0n) is 16.6. The lowest BCUT2D eigenvalue weighted by Crippen LogP contribution is -2.37. The maximum Gasteiger partial charge on any atom is 0.332 e. The Morgan fingerprint density at radius 1 is 1.14 bits per heavy atom. The van der Waals surface area contributed by atoms with Gasteiger partial charge in [0.1, 0.15) is 0 Å². The Morgan fingerprint density at radius 3 is 2.72 bits per heavy atom. The fraction of sp³-hybridized carbons (Fsp3) is 0.400. The van der Waals surface area contributed by atoms with Gasteiger partial charge in [0.05, 0.1) is 18.2 Å². The van der Waals surface area contributed by atoms with Gasteiger partial charge in [-0.05, 0) is 24.6 Å². The molecule has 0 amide bonds. The van der Waals surface area contributed by atoms with Crippen LogP contribution in [0.4, 0.5) is 5.95 Å². The van der Waals surface area contributed by atoms with Crippen molar-refractivity contribution in [3.63, 3.8) is 0 Å². The number of nitrogens with zero attached hydrogens (tertiary/aromatic N) is 6. The summed E-state index contributed by atoms with van der Waals surface area (Å²) in [5, 5.41) is 12.9. The second kappa shape index (κ2) is 7.56. The van der Waals surface area contributed by atoms with Gasteiger partial charge in [-0.3, -0.25) is 18.5 Å². The maximum atomic E-state index is 13.0. The van der Waals surface area contributed by atoms with Crippen LogP contribution in [0, 0.1) is 11.3 Å². The molecule has 2 aromatic heterocycles. The first-order valence-corrected chi connectivity index (χ1v) is 9.63. The van der Waals surface area contributed by atoms with Crippen LogP contribution in [0.25, 0.3) is 11.2 Å². The van der Waals surface area contributed by atoms with E-state index in [1.165, 1.54) is 11.6 Å². The highest BCUT2D eigenvalue weighted by molar-refractivity contribution is 5.75. The van der Waals surface area contributed by atoms with Gasteiger partial charge in [0.25, 0.3) is 5.56 Å². The minimum atomic E-state index is -0.409. The predicted octanol–water partition coefficient (Wildman–Crippen LogP) is 0.153. The molecule has 29 heavy (non-hydrogen) atoms. The lowest BCUT2D eigenvalue weighted by molar-refractivity contribution is 0.699. The van der Waals surface area contributed by atoms with Gasteiger partial charge in [-0.2, -0.15) is 10.2 Å². The second-order valence-corrected chi connectivity index (χ2v) is 7.24. The van der Waals surface area contributed by atoms with Gasteiger partial charge in [0.2, 0.25) is 5.95 Å². The SMILES string of the molecule is Cn1c(=O)c2c(nc(N3CCCNCC3)n2Cc2ccccc2C#N)n(C)c1=O. The van der Waals surface area contributed by atoms with Gasteiger partial charge < -0.3 is 10.2 Å². The molecule has 1 aromatic carbocycles.